The van der Waals surface area contributed by atoms with E-state index in [4.69, 9.17) is 9.47 Å². The third-order valence-corrected chi connectivity index (χ3v) is 3.90. The monoisotopic (exact) mass is 292 g/mol. The van der Waals surface area contributed by atoms with Crippen molar-refractivity contribution in [3.63, 3.8) is 0 Å². The Morgan fingerprint density at radius 1 is 1.45 bits per heavy atom. The van der Waals surface area contributed by atoms with Crippen molar-refractivity contribution in [3.8, 4) is 0 Å². The summed E-state index contributed by atoms with van der Waals surface area (Å²) in [7, 11) is 2.45. The normalized spacial score (nSPS) is 37.2. The zero-order valence-corrected chi connectivity index (χ0v) is 12.3. The van der Waals surface area contributed by atoms with E-state index < -0.39 is 42.1 Å². The molecule has 0 aromatic heterocycles. The SMILES string of the molecule is CC[C@@H](O)[C@@H](O)C1O[C@](OC)(C(=O)OC)C[C@@H](O)[C@H]1C. The molecule has 0 amide bonds. The highest BCUT2D eigenvalue weighted by molar-refractivity contribution is 5.78. The number of hydrogen-bond donors (Lipinski definition) is 3. The summed E-state index contributed by atoms with van der Waals surface area (Å²) in [6.07, 6.45) is -3.88. The van der Waals surface area contributed by atoms with Gasteiger partial charge in [-0.05, 0) is 6.42 Å². The van der Waals surface area contributed by atoms with E-state index in [-0.39, 0.29) is 6.42 Å². The summed E-state index contributed by atoms with van der Waals surface area (Å²) in [6.45, 7) is 3.39. The van der Waals surface area contributed by atoms with Gasteiger partial charge in [-0.1, -0.05) is 13.8 Å². The first kappa shape index (κ1) is 17.3. The smallest absolute Gasteiger partial charge is 0.366 e. The second-order valence-corrected chi connectivity index (χ2v) is 5.13. The van der Waals surface area contributed by atoms with Crippen molar-refractivity contribution in [2.75, 3.05) is 14.2 Å². The number of rotatable bonds is 5. The van der Waals surface area contributed by atoms with Gasteiger partial charge in [0.2, 0.25) is 0 Å². The van der Waals surface area contributed by atoms with Gasteiger partial charge in [0.1, 0.15) is 6.10 Å². The highest BCUT2D eigenvalue weighted by atomic mass is 16.7. The first-order valence-corrected chi connectivity index (χ1v) is 6.68. The van der Waals surface area contributed by atoms with Crippen LogP contribution in [0.2, 0.25) is 0 Å². The third-order valence-electron chi connectivity index (χ3n) is 3.90. The molecule has 118 valence electrons. The molecule has 0 radical (unpaired) electrons. The molecule has 1 rings (SSSR count). The molecule has 0 spiro atoms. The molecule has 7 heteroatoms. The van der Waals surface area contributed by atoms with Crippen LogP contribution in [0.25, 0.3) is 0 Å². The summed E-state index contributed by atoms with van der Waals surface area (Å²) < 4.78 is 15.3. The van der Waals surface area contributed by atoms with Crippen molar-refractivity contribution in [2.24, 2.45) is 5.92 Å². The highest BCUT2D eigenvalue weighted by Crippen LogP contribution is 2.36. The van der Waals surface area contributed by atoms with E-state index in [9.17, 15) is 20.1 Å². The van der Waals surface area contributed by atoms with E-state index in [1.807, 2.05) is 0 Å². The van der Waals surface area contributed by atoms with Gasteiger partial charge in [-0.2, -0.15) is 0 Å². The van der Waals surface area contributed by atoms with E-state index in [1.165, 1.54) is 14.2 Å². The zero-order valence-electron chi connectivity index (χ0n) is 12.3. The fourth-order valence-corrected chi connectivity index (χ4v) is 2.40. The van der Waals surface area contributed by atoms with Crippen LogP contribution in [-0.2, 0) is 19.0 Å². The number of methoxy groups -OCH3 is 2. The summed E-state index contributed by atoms with van der Waals surface area (Å²) >= 11 is 0. The molecule has 0 saturated carbocycles. The third kappa shape index (κ3) is 3.12. The topological polar surface area (TPSA) is 105 Å². The lowest BCUT2D eigenvalue weighted by atomic mass is 9.84. The summed E-state index contributed by atoms with van der Waals surface area (Å²) in [5.74, 6) is -3.01. The number of ether oxygens (including phenoxy) is 3. The van der Waals surface area contributed by atoms with Gasteiger partial charge in [0, 0.05) is 19.4 Å². The van der Waals surface area contributed by atoms with Crippen LogP contribution in [0, 0.1) is 5.92 Å². The van der Waals surface area contributed by atoms with Crippen LogP contribution in [0.1, 0.15) is 26.7 Å². The predicted octanol–water partition coefficient (Wildman–Crippen LogP) is -0.580. The minimum absolute atomic E-state index is 0.0945. The number of aliphatic hydroxyl groups is 3. The van der Waals surface area contributed by atoms with Crippen LogP contribution in [0.15, 0.2) is 0 Å². The Morgan fingerprint density at radius 2 is 2.05 bits per heavy atom. The molecule has 1 saturated heterocycles. The Hall–Kier alpha value is -0.730. The van der Waals surface area contributed by atoms with E-state index in [2.05, 4.69) is 4.74 Å². The van der Waals surface area contributed by atoms with Gasteiger partial charge >= 0.3 is 5.97 Å². The summed E-state index contributed by atoms with van der Waals surface area (Å²) in [5.41, 5.74) is 0. The lowest BCUT2D eigenvalue weighted by molar-refractivity contribution is -0.311. The van der Waals surface area contributed by atoms with E-state index in [0.717, 1.165) is 0 Å². The number of carbonyl (C=O) groups is 1. The number of aliphatic hydroxyl groups excluding tert-OH is 3. The second kappa shape index (κ2) is 6.82. The molecular formula is C13H24O7. The molecule has 7 nitrogen and oxygen atoms in total. The van der Waals surface area contributed by atoms with E-state index in [1.54, 1.807) is 13.8 Å². The fraction of sp³-hybridized carbons (Fsp3) is 0.923. The molecule has 3 N–H and O–H groups in total. The van der Waals surface area contributed by atoms with Gasteiger partial charge in [0.05, 0.1) is 25.4 Å². The Bertz CT molecular complexity index is 335. The lowest BCUT2D eigenvalue weighted by Gasteiger charge is -2.45. The van der Waals surface area contributed by atoms with Crippen LogP contribution < -0.4 is 0 Å². The minimum atomic E-state index is -1.76. The summed E-state index contributed by atoms with van der Waals surface area (Å²) in [4.78, 5) is 11.9. The average molecular weight is 292 g/mol. The molecule has 1 aliphatic rings. The summed E-state index contributed by atoms with van der Waals surface area (Å²) in [6, 6.07) is 0. The van der Waals surface area contributed by atoms with Crippen LogP contribution in [-0.4, -0.2) is 65.7 Å². The van der Waals surface area contributed by atoms with Crippen LogP contribution in [0.5, 0.6) is 0 Å². The maximum atomic E-state index is 11.9. The van der Waals surface area contributed by atoms with Gasteiger partial charge in [0.25, 0.3) is 5.79 Å². The Kier molecular flexibility index (Phi) is 5.91. The molecule has 1 fully saturated rings. The van der Waals surface area contributed by atoms with Gasteiger partial charge in [0.15, 0.2) is 0 Å². The summed E-state index contributed by atoms with van der Waals surface area (Å²) in [5, 5.41) is 30.0. The van der Waals surface area contributed by atoms with E-state index >= 15 is 0 Å². The molecule has 0 aromatic carbocycles. The van der Waals surface area contributed by atoms with Crippen molar-refractivity contribution in [1.82, 2.24) is 0 Å². The van der Waals surface area contributed by atoms with Gasteiger partial charge < -0.3 is 29.5 Å². The highest BCUT2D eigenvalue weighted by Gasteiger charge is 2.53. The van der Waals surface area contributed by atoms with Gasteiger partial charge in [-0.25, -0.2) is 4.79 Å². The fourth-order valence-electron chi connectivity index (χ4n) is 2.40. The largest absolute Gasteiger partial charge is 0.465 e. The Balaban J connectivity index is 3.02. The standard InChI is InChI=1S/C13H24O7/c1-5-8(14)10(16)11-7(2)9(15)6-13(19-4,20-11)12(17)18-3/h7-11,14-16H,5-6H2,1-4H3/t7-,8-,9-,10-,11?,13+/m1/s1. The van der Waals surface area contributed by atoms with Crippen LogP contribution >= 0.6 is 0 Å². The van der Waals surface area contributed by atoms with Crippen molar-refractivity contribution in [1.29, 1.82) is 0 Å². The van der Waals surface area contributed by atoms with Crippen LogP contribution in [0.4, 0.5) is 0 Å². The molecule has 0 aromatic rings. The molecular weight excluding hydrogens is 268 g/mol. The maximum absolute atomic E-state index is 11.9. The molecule has 0 bridgehead atoms. The van der Waals surface area contributed by atoms with Gasteiger partial charge in [-0.3, -0.25) is 0 Å². The molecule has 1 aliphatic heterocycles. The second-order valence-electron chi connectivity index (χ2n) is 5.13. The number of carbonyl (C=O) groups excluding carboxylic acids is 1. The molecule has 1 unspecified atom stereocenters. The molecule has 1 heterocycles. The van der Waals surface area contributed by atoms with Crippen LogP contribution in [0.3, 0.4) is 0 Å². The van der Waals surface area contributed by atoms with Crippen molar-refractivity contribution in [3.05, 3.63) is 0 Å². The molecule has 20 heavy (non-hydrogen) atoms. The first-order chi connectivity index (χ1) is 9.32. The Labute approximate surface area is 118 Å². The molecule has 6 atom stereocenters. The van der Waals surface area contributed by atoms with Gasteiger partial charge in [-0.15, -0.1) is 0 Å². The van der Waals surface area contributed by atoms with Crippen molar-refractivity contribution < 1.29 is 34.3 Å². The number of esters is 1. The quantitative estimate of drug-likeness (QED) is 0.582. The minimum Gasteiger partial charge on any atom is -0.465 e. The molecule has 0 aliphatic carbocycles. The predicted molar refractivity (Wildman–Crippen MR) is 68.7 cm³/mol. The Morgan fingerprint density at radius 3 is 2.50 bits per heavy atom. The lowest BCUT2D eigenvalue weighted by Crippen LogP contribution is -2.60. The maximum Gasteiger partial charge on any atom is 0.366 e. The average Bonchev–Trinajstić information content (AvgIpc) is 2.47. The number of hydrogen-bond acceptors (Lipinski definition) is 7. The van der Waals surface area contributed by atoms with E-state index in [0.29, 0.717) is 6.42 Å². The van der Waals surface area contributed by atoms with Crippen molar-refractivity contribution >= 4 is 5.97 Å². The van der Waals surface area contributed by atoms with Crippen molar-refractivity contribution in [2.45, 2.75) is 56.9 Å². The first-order valence-electron chi connectivity index (χ1n) is 6.68. The zero-order chi connectivity index (χ0) is 15.5.